The number of nitrogens with one attached hydrogen (secondary N) is 1. The molecule has 0 saturated heterocycles. The average molecular weight is 182 g/mol. The van der Waals surface area contributed by atoms with Crippen LogP contribution in [0.25, 0.3) is 0 Å². The average Bonchev–Trinajstić information content (AvgIpc) is 2.03. The Morgan fingerprint density at radius 3 is 2.00 bits per heavy atom. The van der Waals surface area contributed by atoms with Gasteiger partial charge in [0.2, 0.25) is 0 Å². The zero-order valence-corrected chi connectivity index (χ0v) is 9.22. The highest BCUT2D eigenvalue weighted by molar-refractivity contribution is 5.27. The van der Waals surface area contributed by atoms with Crippen molar-refractivity contribution in [1.29, 1.82) is 0 Å². The molecule has 0 bridgehead atoms. The summed E-state index contributed by atoms with van der Waals surface area (Å²) in [6.45, 7) is 2.04. The molecule has 74 valence electrons. The van der Waals surface area contributed by atoms with Gasteiger partial charge in [0, 0.05) is 0 Å². The van der Waals surface area contributed by atoms with Gasteiger partial charge in [0.25, 0.3) is 0 Å². The van der Waals surface area contributed by atoms with Crippen molar-refractivity contribution in [3.8, 4) is 5.75 Å². The van der Waals surface area contributed by atoms with Crippen molar-refractivity contribution in [2.75, 3.05) is 28.3 Å². The van der Waals surface area contributed by atoms with Crippen molar-refractivity contribution in [2.45, 2.75) is 6.92 Å². The highest BCUT2D eigenvalue weighted by Gasteiger charge is 1.86. The van der Waals surface area contributed by atoms with Crippen molar-refractivity contribution in [3.63, 3.8) is 0 Å². The largest absolute Gasteiger partial charge is 0.497 e. The van der Waals surface area contributed by atoms with E-state index in [-0.39, 0.29) is 0 Å². The Morgan fingerprint density at radius 2 is 1.69 bits per heavy atom. The molecule has 0 atom stereocenters. The van der Waals surface area contributed by atoms with Crippen molar-refractivity contribution >= 4 is 0 Å². The molecule has 0 aromatic heterocycles. The fourth-order valence-electron chi connectivity index (χ4n) is 0.742. The van der Waals surface area contributed by atoms with E-state index in [1.165, 1.54) is 10.5 Å². The van der Waals surface area contributed by atoms with Gasteiger partial charge in [-0.2, -0.15) is 0 Å². The summed E-state index contributed by atoms with van der Waals surface area (Å²) in [6, 6.07) is 7.96. The van der Waals surface area contributed by atoms with Gasteiger partial charge in [-0.1, -0.05) is 12.1 Å². The van der Waals surface area contributed by atoms with Crippen molar-refractivity contribution in [2.24, 2.45) is 0 Å². The quantitative estimate of drug-likeness (QED) is 0.677. The minimum atomic E-state index is 0.926. The third-order valence-corrected chi connectivity index (χ3v) is 1.23. The minimum absolute atomic E-state index is 0.926. The van der Waals surface area contributed by atoms with E-state index >= 15 is 0 Å². The summed E-state index contributed by atoms with van der Waals surface area (Å²) in [7, 11) is 7.93. The predicted octanol–water partition coefficient (Wildman–Crippen LogP) is 0.764. The maximum Gasteiger partial charge on any atom is 0.119 e. The Labute approximate surface area is 81.1 Å². The van der Waals surface area contributed by atoms with E-state index in [0.29, 0.717) is 0 Å². The van der Waals surface area contributed by atoms with Gasteiger partial charge >= 0.3 is 0 Å². The van der Waals surface area contributed by atoms with Gasteiger partial charge in [-0.05, 0) is 24.6 Å². The molecule has 1 aromatic carbocycles. The molecule has 1 rings (SSSR count). The number of aryl methyl sites for hydroxylation is 1. The van der Waals surface area contributed by atoms with Crippen molar-refractivity contribution in [1.82, 2.24) is 0 Å². The monoisotopic (exact) mass is 182 g/mol. The van der Waals surface area contributed by atoms with Crippen LogP contribution in [-0.4, -0.2) is 28.3 Å². The molecule has 0 aliphatic rings. The molecule has 1 aromatic rings. The van der Waals surface area contributed by atoms with E-state index in [9.17, 15) is 0 Å². The Hall–Kier alpha value is -1.02. The van der Waals surface area contributed by atoms with Crippen LogP contribution in [0.4, 0.5) is 0 Å². The first-order chi connectivity index (χ1) is 6.06. The van der Waals surface area contributed by atoms with E-state index in [0.717, 1.165) is 5.75 Å². The van der Waals surface area contributed by atoms with E-state index in [1.807, 2.05) is 31.2 Å². The van der Waals surface area contributed by atoms with Gasteiger partial charge in [-0.25, -0.2) is 0 Å². The van der Waals surface area contributed by atoms with Gasteiger partial charge < -0.3 is 9.64 Å². The molecule has 2 heteroatoms. The third kappa shape index (κ3) is 7.34. The van der Waals surface area contributed by atoms with Crippen LogP contribution in [0.3, 0.4) is 0 Å². The molecule has 0 spiro atoms. The second-order valence-electron chi connectivity index (χ2n) is 3.52. The molecular weight excluding hydrogens is 162 g/mol. The summed E-state index contributed by atoms with van der Waals surface area (Å²) in [4.78, 5) is 1.42. The predicted molar refractivity (Wildman–Crippen MR) is 56.5 cm³/mol. The zero-order valence-electron chi connectivity index (χ0n) is 9.22. The summed E-state index contributed by atoms with van der Waals surface area (Å²) in [5.41, 5.74) is 1.23. The van der Waals surface area contributed by atoms with E-state index < -0.39 is 0 Å². The second-order valence-corrected chi connectivity index (χ2v) is 3.52. The normalized spacial score (nSPS) is 9.08. The Kier molecular flexibility index (Phi) is 5.98. The number of methoxy groups -OCH3 is 1. The molecule has 13 heavy (non-hydrogen) atoms. The van der Waals surface area contributed by atoms with Crippen LogP contribution in [0.15, 0.2) is 24.3 Å². The second kappa shape index (κ2) is 6.49. The minimum Gasteiger partial charge on any atom is -0.497 e. The van der Waals surface area contributed by atoms with Crippen LogP contribution in [0.2, 0.25) is 0 Å². The van der Waals surface area contributed by atoms with Crippen LogP contribution < -0.4 is 9.64 Å². The van der Waals surface area contributed by atoms with E-state index in [1.54, 1.807) is 7.11 Å². The third-order valence-electron chi connectivity index (χ3n) is 1.23. The van der Waals surface area contributed by atoms with Crippen LogP contribution in [-0.2, 0) is 0 Å². The number of quaternary nitrogens is 1. The Balaban J connectivity index is 0.000000310. The topological polar surface area (TPSA) is 13.7 Å². The molecule has 0 amide bonds. The molecular formula is C11H20NO+. The maximum atomic E-state index is 5.00. The highest BCUT2D eigenvalue weighted by atomic mass is 16.5. The maximum absolute atomic E-state index is 5.00. The SMILES string of the molecule is COc1cccc(C)c1.C[NH+](C)C. The Morgan fingerprint density at radius 1 is 1.15 bits per heavy atom. The molecule has 0 fully saturated rings. The number of benzene rings is 1. The first-order valence-electron chi connectivity index (χ1n) is 4.43. The lowest BCUT2D eigenvalue weighted by molar-refractivity contribution is -0.836. The summed E-state index contributed by atoms with van der Waals surface area (Å²) in [5, 5.41) is 0. The van der Waals surface area contributed by atoms with Crippen LogP contribution in [0.5, 0.6) is 5.75 Å². The summed E-state index contributed by atoms with van der Waals surface area (Å²) >= 11 is 0. The van der Waals surface area contributed by atoms with Crippen molar-refractivity contribution < 1.29 is 9.64 Å². The fourth-order valence-corrected chi connectivity index (χ4v) is 0.742. The summed E-state index contributed by atoms with van der Waals surface area (Å²) in [6.07, 6.45) is 0. The molecule has 1 N–H and O–H groups in total. The summed E-state index contributed by atoms with van der Waals surface area (Å²) < 4.78 is 5.00. The van der Waals surface area contributed by atoms with Crippen LogP contribution >= 0.6 is 0 Å². The first kappa shape index (κ1) is 12.0. The number of rotatable bonds is 1. The van der Waals surface area contributed by atoms with Gasteiger partial charge in [-0.3, -0.25) is 0 Å². The lowest BCUT2D eigenvalue weighted by Gasteiger charge is -1.97. The lowest BCUT2D eigenvalue weighted by atomic mass is 10.2. The lowest BCUT2D eigenvalue weighted by Crippen LogP contribution is -3.02. The zero-order chi connectivity index (χ0) is 10.3. The molecule has 0 saturated carbocycles. The number of hydrogen-bond donors (Lipinski definition) is 1. The van der Waals surface area contributed by atoms with Crippen LogP contribution in [0.1, 0.15) is 5.56 Å². The number of hydrogen-bond acceptors (Lipinski definition) is 1. The van der Waals surface area contributed by atoms with Gasteiger partial charge in [-0.15, -0.1) is 0 Å². The molecule has 2 nitrogen and oxygen atoms in total. The standard InChI is InChI=1S/C8H10O.C3H9N/c1-7-4-3-5-8(6-7)9-2;1-4(2)3/h3-6H,1-2H3;1-3H3/p+1. The highest BCUT2D eigenvalue weighted by Crippen LogP contribution is 2.10. The molecule has 0 radical (unpaired) electrons. The van der Waals surface area contributed by atoms with Crippen LogP contribution in [0, 0.1) is 6.92 Å². The molecule has 0 heterocycles. The molecule has 0 aliphatic carbocycles. The molecule has 0 aliphatic heterocycles. The van der Waals surface area contributed by atoms with Gasteiger partial charge in [0.15, 0.2) is 0 Å². The molecule has 0 unspecified atom stereocenters. The van der Waals surface area contributed by atoms with E-state index in [4.69, 9.17) is 4.74 Å². The number of ether oxygens (including phenoxy) is 1. The Bertz CT molecular complexity index is 231. The van der Waals surface area contributed by atoms with Gasteiger partial charge in [0.1, 0.15) is 5.75 Å². The summed E-state index contributed by atoms with van der Waals surface area (Å²) in [5.74, 6) is 0.926. The smallest absolute Gasteiger partial charge is 0.119 e. The fraction of sp³-hybridized carbons (Fsp3) is 0.455. The van der Waals surface area contributed by atoms with Crippen molar-refractivity contribution in [3.05, 3.63) is 29.8 Å². The van der Waals surface area contributed by atoms with E-state index in [2.05, 4.69) is 21.1 Å². The first-order valence-corrected chi connectivity index (χ1v) is 4.43. The van der Waals surface area contributed by atoms with Gasteiger partial charge in [0.05, 0.1) is 28.3 Å².